The number of hydrogen-bond acceptors (Lipinski definition) is 3. The topological polar surface area (TPSA) is 21.7 Å². The number of rotatable bonds is 5. The molecule has 2 aliphatic carbocycles. The standard InChI is InChI=1S/C55H35NO2/c1-3-13-36(14-4-1)38-23-27-40(28-24-38)56(41-29-25-39(26-30-41)37-15-5-2-6-16-37)42-31-32-45-49(35-42)55(46-19-9-7-17-43(46)44-18-8-10-20-47(44)55)48-33-34-52-54(53(45)48)58-51-22-12-11-21-50(51)57-52/h1-35H. The first-order valence-electron chi connectivity index (χ1n) is 19.8. The summed E-state index contributed by atoms with van der Waals surface area (Å²) in [6.07, 6.45) is 0. The van der Waals surface area contributed by atoms with E-state index in [9.17, 15) is 0 Å². The van der Waals surface area contributed by atoms with Crippen molar-refractivity contribution >= 4 is 17.1 Å². The fourth-order valence-electron chi connectivity index (χ4n) is 9.65. The summed E-state index contributed by atoms with van der Waals surface area (Å²) in [5, 5.41) is 0. The zero-order valence-electron chi connectivity index (χ0n) is 31.5. The molecule has 272 valence electrons. The maximum Gasteiger partial charge on any atom is 0.178 e. The van der Waals surface area contributed by atoms with Crippen LogP contribution < -0.4 is 14.4 Å². The van der Waals surface area contributed by atoms with Gasteiger partial charge < -0.3 is 14.4 Å². The van der Waals surface area contributed by atoms with Gasteiger partial charge in [0.05, 0.1) is 5.41 Å². The van der Waals surface area contributed by atoms with Gasteiger partial charge in [-0.2, -0.15) is 0 Å². The average molecular weight is 742 g/mol. The summed E-state index contributed by atoms with van der Waals surface area (Å²) in [6, 6.07) is 76.1. The highest BCUT2D eigenvalue weighted by Gasteiger charge is 2.53. The summed E-state index contributed by atoms with van der Waals surface area (Å²) in [5.74, 6) is 2.93. The Bertz CT molecular complexity index is 2910. The Hall–Kier alpha value is -7.62. The van der Waals surface area contributed by atoms with Crippen molar-refractivity contribution < 1.29 is 9.47 Å². The summed E-state index contributed by atoms with van der Waals surface area (Å²) in [5.41, 5.74) is 17.1. The average Bonchev–Trinajstić information content (AvgIpc) is 3.77. The van der Waals surface area contributed by atoms with Gasteiger partial charge in [0, 0.05) is 22.6 Å². The van der Waals surface area contributed by atoms with Crippen LogP contribution in [-0.2, 0) is 5.41 Å². The third-order valence-electron chi connectivity index (χ3n) is 12.2. The third-order valence-corrected chi connectivity index (χ3v) is 12.2. The Kier molecular flexibility index (Phi) is 7.14. The molecule has 3 heteroatoms. The molecule has 0 N–H and O–H groups in total. The molecule has 0 bridgehead atoms. The quantitative estimate of drug-likeness (QED) is 0.175. The minimum Gasteiger partial charge on any atom is -0.449 e. The van der Waals surface area contributed by atoms with Crippen molar-refractivity contribution in [3.8, 4) is 67.5 Å². The van der Waals surface area contributed by atoms with Crippen molar-refractivity contribution in [1.82, 2.24) is 0 Å². The predicted molar refractivity (Wildman–Crippen MR) is 235 cm³/mol. The van der Waals surface area contributed by atoms with Crippen molar-refractivity contribution in [3.05, 3.63) is 235 Å². The van der Waals surface area contributed by atoms with Crippen molar-refractivity contribution in [2.45, 2.75) is 5.41 Å². The molecule has 1 spiro atoms. The van der Waals surface area contributed by atoms with E-state index in [1.165, 1.54) is 55.6 Å². The summed E-state index contributed by atoms with van der Waals surface area (Å²) >= 11 is 0. The van der Waals surface area contributed by atoms with E-state index in [0.717, 1.165) is 51.2 Å². The molecule has 0 saturated heterocycles. The Labute approximate surface area is 337 Å². The van der Waals surface area contributed by atoms with E-state index in [2.05, 4.69) is 193 Å². The normalized spacial score (nSPS) is 13.2. The van der Waals surface area contributed by atoms with E-state index in [4.69, 9.17) is 9.47 Å². The Morgan fingerprint density at radius 3 is 1.38 bits per heavy atom. The van der Waals surface area contributed by atoms with Crippen molar-refractivity contribution in [2.75, 3.05) is 4.90 Å². The molecule has 0 atom stereocenters. The molecule has 0 unspecified atom stereocenters. The van der Waals surface area contributed by atoms with Crippen LogP contribution in [0.4, 0.5) is 17.1 Å². The zero-order chi connectivity index (χ0) is 38.2. The lowest BCUT2D eigenvalue weighted by Gasteiger charge is -2.32. The van der Waals surface area contributed by atoms with Crippen LogP contribution in [0.3, 0.4) is 0 Å². The number of para-hydroxylation sites is 2. The minimum atomic E-state index is -0.580. The number of hydrogen-bond donors (Lipinski definition) is 0. The smallest absolute Gasteiger partial charge is 0.178 e. The summed E-state index contributed by atoms with van der Waals surface area (Å²) in [6.45, 7) is 0. The first-order chi connectivity index (χ1) is 28.8. The molecule has 0 fully saturated rings. The van der Waals surface area contributed by atoms with E-state index in [-0.39, 0.29) is 0 Å². The number of nitrogens with zero attached hydrogens (tertiary/aromatic N) is 1. The SMILES string of the molecule is c1ccc(-c2ccc(N(c3ccc(-c4ccccc4)cc3)c3ccc4c(c3)C3(c5ccccc5-c5ccccc53)c3ccc5c(c3-4)Oc3ccccc3O5)cc2)cc1. The maximum absolute atomic E-state index is 6.83. The van der Waals surface area contributed by atoms with Crippen LogP contribution in [0.2, 0.25) is 0 Å². The first kappa shape index (κ1) is 32.6. The lowest BCUT2D eigenvalue weighted by Crippen LogP contribution is -2.26. The molecule has 0 radical (unpaired) electrons. The van der Waals surface area contributed by atoms with Gasteiger partial charge >= 0.3 is 0 Å². The summed E-state index contributed by atoms with van der Waals surface area (Å²) in [4.78, 5) is 2.39. The van der Waals surface area contributed by atoms with E-state index in [1.54, 1.807) is 0 Å². The number of anilines is 3. The number of fused-ring (bicyclic) bond motifs is 13. The highest BCUT2D eigenvalue weighted by atomic mass is 16.6. The van der Waals surface area contributed by atoms with Crippen molar-refractivity contribution in [1.29, 1.82) is 0 Å². The lowest BCUT2D eigenvalue weighted by molar-refractivity contribution is 0.360. The van der Waals surface area contributed by atoms with Gasteiger partial charge in [0.15, 0.2) is 23.0 Å². The molecule has 0 amide bonds. The highest BCUT2D eigenvalue weighted by molar-refractivity contribution is 5.99. The van der Waals surface area contributed by atoms with Gasteiger partial charge in [-0.3, -0.25) is 0 Å². The van der Waals surface area contributed by atoms with Crippen LogP contribution in [-0.4, -0.2) is 0 Å². The molecule has 1 heterocycles. The summed E-state index contributed by atoms with van der Waals surface area (Å²) < 4.78 is 13.4. The maximum atomic E-state index is 6.83. The molecule has 12 rings (SSSR count). The second-order valence-corrected chi connectivity index (χ2v) is 15.2. The van der Waals surface area contributed by atoms with E-state index in [1.807, 2.05) is 24.3 Å². The molecule has 3 aliphatic rings. The molecule has 1 aliphatic heterocycles. The molecule has 0 aromatic heterocycles. The molecule has 3 nitrogen and oxygen atoms in total. The van der Waals surface area contributed by atoms with Crippen LogP contribution in [0.1, 0.15) is 22.3 Å². The van der Waals surface area contributed by atoms with Gasteiger partial charge in [-0.05, 0) is 116 Å². The molecule has 0 saturated carbocycles. The van der Waals surface area contributed by atoms with E-state index >= 15 is 0 Å². The van der Waals surface area contributed by atoms with Gasteiger partial charge in [-0.1, -0.05) is 158 Å². The second kappa shape index (κ2) is 12.7. The lowest BCUT2D eigenvalue weighted by atomic mass is 9.70. The number of benzene rings is 9. The number of ether oxygens (including phenoxy) is 2. The first-order valence-corrected chi connectivity index (χ1v) is 19.8. The van der Waals surface area contributed by atoms with Crippen LogP contribution in [0, 0.1) is 0 Å². The minimum absolute atomic E-state index is 0.580. The molecule has 58 heavy (non-hydrogen) atoms. The highest BCUT2D eigenvalue weighted by Crippen LogP contribution is 2.66. The predicted octanol–water partition coefficient (Wildman–Crippen LogP) is 14.7. The molecular formula is C55H35NO2. The van der Waals surface area contributed by atoms with Crippen molar-refractivity contribution in [2.24, 2.45) is 0 Å². The molecule has 9 aromatic rings. The monoisotopic (exact) mass is 741 g/mol. The molecule has 9 aromatic carbocycles. The van der Waals surface area contributed by atoms with Crippen LogP contribution >= 0.6 is 0 Å². The van der Waals surface area contributed by atoms with Crippen LogP contribution in [0.15, 0.2) is 212 Å². The van der Waals surface area contributed by atoms with E-state index in [0.29, 0.717) is 0 Å². The van der Waals surface area contributed by atoms with E-state index < -0.39 is 5.41 Å². The largest absolute Gasteiger partial charge is 0.449 e. The van der Waals surface area contributed by atoms with Gasteiger partial charge in [0.25, 0.3) is 0 Å². The molecular weight excluding hydrogens is 707 g/mol. The van der Waals surface area contributed by atoms with Crippen LogP contribution in [0.25, 0.3) is 44.5 Å². The zero-order valence-corrected chi connectivity index (χ0v) is 31.5. The fraction of sp³-hybridized carbons (Fsp3) is 0.0182. The van der Waals surface area contributed by atoms with Gasteiger partial charge in [-0.25, -0.2) is 0 Å². The fourth-order valence-corrected chi connectivity index (χ4v) is 9.65. The third kappa shape index (κ3) is 4.74. The van der Waals surface area contributed by atoms with Gasteiger partial charge in [0.1, 0.15) is 0 Å². The van der Waals surface area contributed by atoms with Crippen molar-refractivity contribution in [3.63, 3.8) is 0 Å². The van der Waals surface area contributed by atoms with Gasteiger partial charge in [-0.15, -0.1) is 0 Å². The Morgan fingerprint density at radius 2 is 0.793 bits per heavy atom. The Morgan fingerprint density at radius 1 is 0.310 bits per heavy atom. The summed E-state index contributed by atoms with van der Waals surface area (Å²) in [7, 11) is 0. The van der Waals surface area contributed by atoms with Crippen LogP contribution in [0.5, 0.6) is 23.0 Å². The van der Waals surface area contributed by atoms with Gasteiger partial charge in [0.2, 0.25) is 0 Å². The Balaban J connectivity index is 1.09. The second-order valence-electron chi connectivity index (χ2n) is 15.2.